The van der Waals surface area contributed by atoms with Crippen LogP contribution in [-0.2, 0) is 0 Å². The molecule has 0 aliphatic rings. The van der Waals surface area contributed by atoms with E-state index in [2.05, 4.69) is 15.9 Å². The Morgan fingerprint density at radius 2 is 2.31 bits per heavy atom. The van der Waals surface area contributed by atoms with Gasteiger partial charge in [-0.1, -0.05) is 22.0 Å². The summed E-state index contributed by atoms with van der Waals surface area (Å²) in [5.74, 6) is 0.750. The average molecular weight is 246 g/mol. The zero-order valence-corrected chi connectivity index (χ0v) is 8.91. The summed E-state index contributed by atoms with van der Waals surface area (Å²) in [7, 11) is 1.60. The van der Waals surface area contributed by atoms with E-state index in [4.69, 9.17) is 10.5 Å². The third-order valence-electron chi connectivity index (χ3n) is 1.79. The molecule has 1 aromatic rings. The number of benzene rings is 1. The van der Waals surface area contributed by atoms with Crippen LogP contribution in [0.2, 0.25) is 0 Å². The molecular weight excluding hydrogens is 234 g/mol. The van der Waals surface area contributed by atoms with E-state index in [-0.39, 0.29) is 6.54 Å². The van der Waals surface area contributed by atoms with Crippen LogP contribution in [0.5, 0.6) is 5.75 Å². The summed E-state index contributed by atoms with van der Waals surface area (Å²) in [6, 6.07) is 5.38. The summed E-state index contributed by atoms with van der Waals surface area (Å²) in [6.45, 7) is 0.213. The Bertz CT molecular complexity index is 291. The van der Waals surface area contributed by atoms with Gasteiger partial charge in [0.2, 0.25) is 0 Å². The lowest BCUT2D eigenvalue weighted by molar-refractivity contribution is 0.186. The number of hydrogen-bond acceptors (Lipinski definition) is 3. The van der Waals surface area contributed by atoms with E-state index in [0.717, 1.165) is 15.8 Å². The van der Waals surface area contributed by atoms with Gasteiger partial charge >= 0.3 is 0 Å². The SMILES string of the molecule is COc1ccc(C(O)CN)c(Br)c1. The molecule has 0 saturated heterocycles. The van der Waals surface area contributed by atoms with Crippen LogP contribution in [0.1, 0.15) is 11.7 Å². The average Bonchev–Trinajstić information content (AvgIpc) is 2.16. The van der Waals surface area contributed by atoms with Crippen LogP contribution in [0.25, 0.3) is 0 Å². The first-order valence-corrected chi connectivity index (χ1v) is 4.70. The predicted molar refractivity (Wildman–Crippen MR) is 54.7 cm³/mol. The van der Waals surface area contributed by atoms with Crippen molar-refractivity contribution in [1.29, 1.82) is 0 Å². The van der Waals surface area contributed by atoms with Crippen molar-refractivity contribution in [2.75, 3.05) is 13.7 Å². The molecule has 0 aliphatic heterocycles. The summed E-state index contributed by atoms with van der Waals surface area (Å²) in [5.41, 5.74) is 6.12. The van der Waals surface area contributed by atoms with Crippen molar-refractivity contribution < 1.29 is 9.84 Å². The highest BCUT2D eigenvalue weighted by Gasteiger charge is 2.09. The van der Waals surface area contributed by atoms with Crippen LogP contribution in [0.4, 0.5) is 0 Å². The van der Waals surface area contributed by atoms with Crippen molar-refractivity contribution in [3.8, 4) is 5.75 Å². The molecule has 0 aliphatic carbocycles. The van der Waals surface area contributed by atoms with Gasteiger partial charge in [0, 0.05) is 11.0 Å². The number of aliphatic hydroxyl groups excluding tert-OH is 1. The third kappa shape index (κ3) is 2.43. The monoisotopic (exact) mass is 245 g/mol. The van der Waals surface area contributed by atoms with Crippen LogP contribution >= 0.6 is 15.9 Å². The number of halogens is 1. The Balaban J connectivity index is 2.98. The van der Waals surface area contributed by atoms with Gasteiger partial charge in [-0.2, -0.15) is 0 Å². The number of aliphatic hydroxyl groups is 1. The lowest BCUT2D eigenvalue weighted by Crippen LogP contribution is -2.11. The number of ether oxygens (including phenoxy) is 1. The molecule has 0 aromatic heterocycles. The lowest BCUT2D eigenvalue weighted by atomic mass is 10.1. The summed E-state index contributed by atoms with van der Waals surface area (Å²) >= 11 is 3.33. The number of nitrogens with two attached hydrogens (primary N) is 1. The molecule has 1 atom stereocenters. The van der Waals surface area contributed by atoms with E-state index in [1.165, 1.54) is 0 Å². The first-order chi connectivity index (χ1) is 6.19. The lowest BCUT2D eigenvalue weighted by Gasteiger charge is -2.11. The second-order valence-corrected chi connectivity index (χ2v) is 3.49. The maximum absolute atomic E-state index is 9.48. The molecule has 3 N–H and O–H groups in total. The number of methoxy groups -OCH3 is 1. The summed E-state index contributed by atoms with van der Waals surface area (Å²) in [4.78, 5) is 0. The molecule has 0 saturated carbocycles. The molecule has 1 unspecified atom stereocenters. The number of rotatable bonds is 3. The fourth-order valence-corrected chi connectivity index (χ4v) is 1.65. The highest BCUT2D eigenvalue weighted by molar-refractivity contribution is 9.10. The molecule has 3 nitrogen and oxygen atoms in total. The second-order valence-electron chi connectivity index (χ2n) is 2.64. The van der Waals surface area contributed by atoms with Crippen LogP contribution in [0, 0.1) is 0 Å². The van der Waals surface area contributed by atoms with E-state index in [9.17, 15) is 5.11 Å². The molecule has 0 heterocycles. The van der Waals surface area contributed by atoms with Crippen molar-refractivity contribution in [3.63, 3.8) is 0 Å². The molecule has 0 spiro atoms. The van der Waals surface area contributed by atoms with Crippen LogP contribution in [-0.4, -0.2) is 18.8 Å². The van der Waals surface area contributed by atoms with Crippen molar-refractivity contribution in [2.45, 2.75) is 6.10 Å². The van der Waals surface area contributed by atoms with Crippen molar-refractivity contribution in [1.82, 2.24) is 0 Å². The third-order valence-corrected chi connectivity index (χ3v) is 2.48. The first kappa shape index (κ1) is 10.5. The Morgan fingerprint density at radius 3 is 2.77 bits per heavy atom. The zero-order valence-electron chi connectivity index (χ0n) is 7.33. The highest BCUT2D eigenvalue weighted by atomic mass is 79.9. The van der Waals surface area contributed by atoms with Gasteiger partial charge in [0.1, 0.15) is 5.75 Å². The Labute approximate surface area is 85.6 Å². The van der Waals surface area contributed by atoms with Gasteiger partial charge in [0.15, 0.2) is 0 Å². The minimum Gasteiger partial charge on any atom is -0.497 e. The van der Waals surface area contributed by atoms with Gasteiger partial charge in [-0.3, -0.25) is 0 Å². The van der Waals surface area contributed by atoms with Crippen molar-refractivity contribution in [3.05, 3.63) is 28.2 Å². The van der Waals surface area contributed by atoms with Gasteiger partial charge in [0.25, 0.3) is 0 Å². The van der Waals surface area contributed by atoms with Crippen molar-refractivity contribution in [2.24, 2.45) is 5.73 Å². The molecule has 0 bridgehead atoms. The molecule has 13 heavy (non-hydrogen) atoms. The van der Waals surface area contributed by atoms with E-state index >= 15 is 0 Å². The summed E-state index contributed by atoms with van der Waals surface area (Å²) < 4.78 is 5.83. The maximum atomic E-state index is 9.48. The molecule has 0 amide bonds. The molecule has 0 radical (unpaired) electrons. The molecule has 1 aromatic carbocycles. The van der Waals surface area contributed by atoms with E-state index < -0.39 is 6.10 Å². The predicted octanol–water partition coefficient (Wildman–Crippen LogP) is 1.45. The first-order valence-electron chi connectivity index (χ1n) is 3.90. The quantitative estimate of drug-likeness (QED) is 0.848. The van der Waals surface area contributed by atoms with Crippen LogP contribution < -0.4 is 10.5 Å². The van der Waals surface area contributed by atoms with E-state index in [1.807, 2.05) is 0 Å². The smallest absolute Gasteiger partial charge is 0.120 e. The van der Waals surface area contributed by atoms with Gasteiger partial charge < -0.3 is 15.6 Å². The largest absolute Gasteiger partial charge is 0.497 e. The molecule has 1 rings (SSSR count). The molecule has 4 heteroatoms. The maximum Gasteiger partial charge on any atom is 0.120 e. The minimum absolute atomic E-state index is 0.213. The van der Waals surface area contributed by atoms with E-state index in [0.29, 0.717) is 0 Å². The Hall–Kier alpha value is -0.580. The number of hydrogen-bond donors (Lipinski definition) is 2. The summed E-state index contributed by atoms with van der Waals surface area (Å²) in [5, 5.41) is 9.48. The normalized spacial score (nSPS) is 12.6. The summed E-state index contributed by atoms with van der Waals surface area (Å²) in [6.07, 6.45) is -0.625. The standard InChI is InChI=1S/C9H12BrNO2/c1-13-6-2-3-7(8(10)4-6)9(12)5-11/h2-4,9,12H,5,11H2,1H3. The minimum atomic E-state index is -0.625. The van der Waals surface area contributed by atoms with Crippen LogP contribution in [0.15, 0.2) is 22.7 Å². The fourth-order valence-electron chi connectivity index (χ4n) is 1.03. The second kappa shape index (κ2) is 4.60. The van der Waals surface area contributed by atoms with Gasteiger partial charge in [-0.25, -0.2) is 0 Å². The fraction of sp³-hybridized carbons (Fsp3) is 0.333. The van der Waals surface area contributed by atoms with Gasteiger partial charge in [0.05, 0.1) is 13.2 Å². The molecule has 0 fully saturated rings. The Morgan fingerprint density at radius 1 is 1.62 bits per heavy atom. The molecular formula is C9H12BrNO2. The zero-order chi connectivity index (χ0) is 9.84. The Kier molecular flexibility index (Phi) is 3.71. The van der Waals surface area contributed by atoms with E-state index in [1.54, 1.807) is 25.3 Å². The van der Waals surface area contributed by atoms with Crippen LogP contribution in [0.3, 0.4) is 0 Å². The van der Waals surface area contributed by atoms with Gasteiger partial charge in [-0.15, -0.1) is 0 Å². The highest BCUT2D eigenvalue weighted by Crippen LogP contribution is 2.27. The topological polar surface area (TPSA) is 55.5 Å². The van der Waals surface area contributed by atoms with Crippen molar-refractivity contribution >= 4 is 15.9 Å². The molecule has 72 valence electrons. The van der Waals surface area contributed by atoms with Gasteiger partial charge in [-0.05, 0) is 17.7 Å².